The average Bonchev–Trinajstić information content (AvgIpc) is 2.76. The molecule has 8 nitrogen and oxygen atoms in total. The van der Waals surface area contributed by atoms with Gasteiger partial charge in [-0.05, 0) is 31.4 Å². The Kier molecular flexibility index (Phi) is 6.03. The standard InChI is InChI=1S/C19H30N6O2/c26-19(25-6-2-1-3-7-25)16-22-8-10-23(11-9-22)17-4-5-18(21-20-17)24-12-14-27-15-13-24/h4-5H,1-3,6-16H2. The Bertz CT molecular complexity index is 605. The molecule has 3 saturated heterocycles. The van der Waals surface area contributed by atoms with Crippen molar-refractivity contribution in [2.45, 2.75) is 19.3 Å². The van der Waals surface area contributed by atoms with Gasteiger partial charge in [-0.3, -0.25) is 9.69 Å². The summed E-state index contributed by atoms with van der Waals surface area (Å²) in [7, 11) is 0. The van der Waals surface area contributed by atoms with Crippen LogP contribution in [0.25, 0.3) is 0 Å². The first-order chi connectivity index (χ1) is 13.3. The van der Waals surface area contributed by atoms with Crippen LogP contribution in [0.4, 0.5) is 11.6 Å². The van der Waals surface area contributed by atoms with Crippen molar-refractivity contribution in [2.75, 3.05) is 81.9 Å². The van der Waals surface area contributed by atoms with E-state index in [0.717, 1.165) is 90.0 Å². The van der Waals surface area contributed by atoms with Gasteiger partial charge in [0.25, 0.3) is 0 Å². The minimum absolute atomic E-state index is 0.290. The highest BCUT2D eigenvalue weighted by atomic mass is 16.5. The van der Waals surface area contributed by atoms with Crippen LogP contribution in [0.5, 0.6) is 0 Å². The first-order valence-electron chi connectivity index (χ1n) is 10.2. The predicted octanol–water partition coefficient (Wildman–Crippen LogP) is 0.448. The van der Waals surface area contributed by atoms with Gasteiger partial charge in [-0.25, -0.2) is 0 Å². The van der Waals surface area contributed by atoms with Crippen LogP contribution in [0.1, 0.15) is 19.3 Å². The van der Waals surface area contributed by atoms with Gasteiger partial charge in [-0.15, -0.1) is 10.2 Å². The number of nitrogens with zero attached hydrogens (tertiary/aromatic N) is 6. The summed E-state index contributed by atoms with van der Waals surface area (Å²) in [6.45, 7) is 9.23. The SMILES string of the molecule is O=C(CN1CCN(c2ccc(N3CCOCC3)nn2)CC1)N1CCCCC1. The highest BCUT2D eigenvalue weighted by Crippen LogP contribution is 2.17. The molecule has 0 bridgehead atoms. The molecule has 0 aliphatic carbocycles. The van der Waals surface area contributed by atoms with Crippen LogP contribution in [0.3, 0.4) is 0 Å². The third-order valence-corrected chi connectivity index (χ3v) is 5.74. The van der Waals surface area contributed by atoms with Crippen molar-refractivity contribution in [1.82, 2.24) is 20.0 Å². The molecule has 8 heteroatoms. The van der Waals surface area contributed by atoms with Gasteiger partial charge < -0.3 is 19.4 Å². The van der Waals surface area contributed by atoms with E-state index in [0.29, 0.717) is 6.54 Å². The van der Waals surface area contributed by atoms with E-state index in [9.17, 15) is 4.79 Å². The Morgan fingerprint density at radius 2 is 1.41 bits per heavy atom. The molecule has 0 spiro atoms. The summed E-state index contributed by atoms with van der Waals surface area (Å²) >= 11 is 0. The van der Waals surface area contributed by atoms with Crippen molar-refractivity contribution >= 4 is 17.5 Å². The maximum Gasteiger partial charge on any atom is 0.236 e. The molecule has 1 amide bonds. The van der Waals surface area contributed by atoms with E-state index in [4.69, 9.17) is 4.74 Å². The molecule has 0 unspecified atom stereocenters. The van der Waals surface area contributed by atoms with E-state index in [1.54, 1.807) is 0 Å². The molecule has 3 aliphatic rings. The summed E-state index contributed by atoms with van der Waals surface area (Å²) < 4.78 is 5.39. The number of morpholine rings is 1. The second-order valence-electron chi connectivity index (χ2n) is 7.55. The number of anilines is 2. The van der Waals surface area contributed by atoms with Gasteiger partial charge in [-0.2, -0.15) is 0 Å². The van der Waals surface area contributed by atoms with Gasteiger partial charge in [0.2, 0.25) is 5.91 Å². The van der Waals surface area contributed by atoms with Gasteiger partial charge >= 0.3 is 0 Å². The van der Waals surface area contributed by atoms with Gasteiger partial charge in [0.05, 0.1) is 19.8 Å². The Morgan fingerprint density at radius 1 is 0.815 bits per heavy atom. The van der Waals surface area contributed by atoms with Gasteiger partial charge in [0.1, 0.15) is 0 Å². The third kappa shape index (κ3) is 4.68. The number of carbonyl (C=O) groups excluding carboxylic acids is 1. The molecular formula is C19H30N6O2. The van der Waals surface area contributed by atoms with Crippen LogP contribution in [0.2, 0.25) is 0 Å². The average molecular weight is 374 g/mol. The molecule has 0 radical (unpaired) electrons. The Hall–Kier alpha value is -1.93. The van der Waals surface area contributed by atoms with Crippen LogP contribution in [-0.4, -0.2) is 98.0 Å². The number of ether oxygens (including phenoxy) is 1. The minimum atomic E-state index is 0.290. The Balaban J connectivity index is 1.25. The number of aromatic nitrogens is 2. The molecule has 148 valence electrons. The number of carbonyl (C=O) groups is 1. The predicted molar refractivity (Wildman–Crippen MR) is 104 cm³/mol. The maximum atomic E-state index is 12.4. The largest absolute Gasteiger partial charge is 0.378 e. The van der Waals surface area contributed by atoms with Crippen molar-refractivity contribution < 1.29 is 9.53 Å². The topological polar surface area (TPSA) is 65.0 Å². The van der Waals surface area contributed by atoms with Gasteiger partial charge in [-0.1, -0.05) is 0 Å². The summed E-state index contributed by atoms with van der Waals surface area (Å²) in [6.07, 6.45) is 3.56. The van der Waals surface area contributed by atoms with Crippen LogP contribution < -0.4 is 9.80 Å². The van der Waals surface area contributed by atoms with Crippen molar-refractivity contribution in [3.63, 3.8) is 0 Å². The van der Waals surface area contributed by atoms with E-state index in [-0.39, 0.29) is 5.91 Å². The number of likely N-dealkylation sites (tertiary alicyclic amines) is 1. The second-order valence-corrected chi connectivity index (χ2v) is 7.55. The molecule has 4 rings (SSSR count). The molecular weight excluding hydrogens is 344 g/mol. The molecule has 0 saturated carbocycles. The summed E-state index contributed by atoms with van der Waals surface area (Å²) in [4.78, 5) is 21.2. The van der Waals surface area contributed by atoms with Crippen LogP contribution in [0, 0.1) is 0 Å². The molecule has 1 aromatic rings. The van der Waals surface area contributed by atoms with E-state index in [1.807, 2.05) is 4.90 Å². The highest BCUT2D eigenvalue weighted by Gasteiger charge is 2.23. The van der Waals surface area contributed by atoms with Crippen molar-refractivity contribution in [2.24, 2.45) is 0 Å². The molecule has 0 aromatic carbocycles. The highest BCUT2D eigenvalue weighted by molar-refractivity contribution is 5.78. The summed E-state index contributed by atoms with van der Waals surface area (Å²) in [5, 5.41) is 8.85. The number of hydrogen-bond acceptors (Lipinski definition) is 7. The third-order valence-electron chi connectivity index (χ3n) is 5.74. The van der Waals surface area contributed by atoms with E-state index in [1.165, 1.54) is 6.42 Å². The fourth-order valence-corrected chi connectivity index (χ4v) is 4.02. The number of amides is 1. The van der Waals surface area contributed by atoms with Crippen molar-refractivity contribution in [1.29, 1.82) is 0 Å². The van der Waals surface area contributed by atoms with E-state index in [2.05, 4.69) is 37.0 Å². The molecule has 27 heavy (non-hydrogen) atoms. The molecule has 3 fully saturated rings. The minimum Gasteiger partial charge on any atom is -0.378 e. The first kappa shape index (κ1) is 18.4. The van der Waals surface area contributed by atoms with Crippen molar-refractivity contribution in [3.8, 4) is 0 Å². The molecule has 4 heterocycles. The number of hydrogen-bond donors (Lipinski definition) is 0. The molecule has 0 N–H and O–H groups in total. The van der Waals surface area contributed by atoms with Gasteiger partial charge in [0, 0.05) is 52.4 Å². The quantitative estimate of drug-likeness (QED) is 0.758. The lowest BCUT2D eigenvalue weighted by Crippen LogP contribution is -2.51. The lowest BCUT2D eigenvalue weighted by Gasteiger charge is -2.36. The van der Waals surface area contributed by atoms with E-state index < -0.39 is 0 Å². The second kappa shape index (κ2) is 8.84. The molecule has 1 aromatic heterocycles. The fraction of sp³-hybridized carbons (Fsp3) is 0.737. The lowest BCUT2D eigenvalue weighted by molar-refractivity contribution is -0.133. The zero-order valence-corrected chi connectivity index (χ0v) is 16.1. The molecule has 3 aliphatic heterocycles. The number of piperidine rings is 1. The smallest absolute Gasteiger partial charge is 0.236 e. The van der Waals surface area contributed by atoms with Crippen LogP contribution in [0.15, 0.2) is 12.1 Å². The fourth-order valence-electron chi connectivity index (χ4n) is 4.02. The summed E-state index contributed by atoms with van der Waals surface area (Å²) in [5.41, 5.74) is 0. The summed E-state index contributed by atoms with van der Waals surface area (Å²) in [6, 6.07) is 4.12. The van der Waals surface area contributed by atoms with Crippen LogP contribution >= 0.6 is 0 Å². The normalized spacial score (nSPS) is 22.1. The monoisotopic (exact) mass is 374 g/mol. The molecule has 0 atom stereocenters. The Morgan fingerprint density at radius 3 is 2.00 bits per heavy atom. The van der Waals surface area contributed by atoms with E-state index >= 15 is 0 Å². The zero-order chi connectivity index (χ0) is 18.5. The Labute approximate surface area is 161 Å². The zero-order valence-electron chi connectivity index (χ0n) is 16.1. The van der Waals surface area contributed by atoms with Crippen LogP contribution in [-0.2, 0) is 9.53 Å². The van der Waals surface area contributed by atoms with Gasteiger partial charge in [0.15, 0.2) is 11.6 Å². The maximum absolute atomic E-state index is 12.4. The number of rotatable bonds is 4. The number of piperazine rings is 1. The first-order valence-corrected chi connectivity index (χ1v) is 10.2. The van der Waals surface area contributed by atoms with Crippen molar-refractivity contribution in [3.05, 3.63) is 12.1 Å². The summed E-state index contributed by atoms with van der Waals surface area (Å²) in [5.74, 6) is 2.14. The lowest BCUT2D eigenvalue weighted by atomic mass is 10.1.